The predicted molar refractivity (Wildman–Crippen MR) is 73.6 cm³/mol. The zero-order chi connectivity index (χ0) is 14.5. The molecule has 0 radical (unpaired) electrons. The van der Waals surface area contributed by atoms with Crippen LogP contribution in [0.1, 0.15) is 6.42 Å². The third kappa shape index (κ3) is 5.85. The van der Waals surface area contributed by atoms with Gasteiger partial charge in [-0.15, -0.1) is 23.5 Å². The van der Waals surface area contributed by atoms with E-state index in [0.29, 0.717) is 11.5 Å². The number of thioether (sulfide) groups is 2. The van der Waals surface area contributed by atoms with Crippen molar-refractivity contribution in [3.63, 3.8) is 0 Å². The fourth-order valence-corrected chi connectivity index (χ4v) is 3.99. The molecule has 19 heavy (non-hydrogen) atoms. The quantitative estimate of drug-likeness (QED) is 0.466. The van der Waals surface area contributed by atoms with E-state index in [1.165, 1.54) is 11.8 Å². The Morgan fingerprint density at radius 2 is 1.79 bits per heavy atom. The molecule has 1 aliphatic heterocycles. The van der Waals surface area contributed by atoms with Crippen LogP contribution in [0.25, 0.3) is 0 Å². The van der Waals surface area contributed by atoms with Crippen molar-refractivity contribution in [1.29, 1.82) is 0 Å². The van der Waals surface area contributed by atoms with E-state index in [0.717, 1.165) is 11.8 Å². The van der Waals surface area contributed by atoms with Gasteiger partial charge in [-0.3, -0.25) is 9.35 Å². The largest absolute Gasteiger partial charge is 0.477 e. The second-order valence-electron chi connectivity index (χ2n) is 3.56. The highest BCUT2D eigenvalue weighted by atomic mass is 32.2. The predicted octanol–water partition coefficient (Wildman–Crippen LogP) is 0.157. The van der Waals surface area contributed by atoms with E-state index in [2.05, 4.69) is 5.32 Å². The van der Waals surface area contributed by atoms with Crippen LogP contribution in [-0.4, -0.2) is 53.8 Å². The van der Waals surface area contributed by atoms with E-state index in [1.54, 1.807) is 0 Å². The number of carboxylic acid groups (broad SMARTS) is 1. The Balaban J connectivity index is 2.54. The summed E-state index contributed by atoms with van der Waals surface area (Å²) in [5, 5.41) is 11.4. The number of nitrogens with one attached hydrogen (secondary N) is 1. The number of rotatable bonds is 6. The van der Waals surface area contributed by atoms with Gasteiger partial charge in [0.2, 0.25) is 0 Å². The van der Waals surface area contributed by atoms with E-state index >= 15 is 0 Å². The van der Waals surface area contributed by atoms with Gasteiger partial charge in [-0.1, -0.05) is 0 Å². The summed E-state index contributed by atoms with van der Waals surface area (Å²) in [7, 11) is -4.04. The van der Waals surface area contributed by atoms with Gasteiger partial charge in [0.15, 0.2) is 0 Å². The number of carboxylic acids is 1. The van der Waals surface area contributed by atoms with Gasteiger partial charge in [-0.05, 0) is 6.42 Å². The summed E-state index contributed by atoms with van der Waals surface area (Å²) < 4.78 is 29.4. The minimum Gasteiger partial charge on any atom is -0.477 e. The molecule has 7 nitrogen and oxygen atoms in total. The molecule has 0 saturated carbocycles. The van der Waals surface area contributed by atoms with Crippen LogP contribution in [0.15, 0.2) is 9.81 Å². The SMILES string of the molecule is O=C(O)C1=C(C(=O)NCCCS(=O)(=O)O)SCCS1. The Hall–Kier alpha value is -0.710. The van der Waals surface area contributed by atoms with E-state index in [9.17, 15) is 18.0 Å². The summed E-state index contributed by atoms with van der Waals surface area (Å²) in [4.78, 5) is 22.9. The van der Waals surface area contributed by atoms with Gasteiger partial charge >= 0.3 is 5.97 Å². The molecule has 0 fully saturated rings. The third-order valence-electron chi connectivity index (χ3n) is 2.05. The smallest absolute Gasteiger partial charge is 0.343 e. The second-order valence-corrected chi connectivity index (χ2v) is 7.34. The van der Waals surface area contributed by atoms with Crippen molar-refractivity contribution in [2.24, 2.45) is 0 Å². The van der Waals surface area contributed by atoms with Gasteiger partial charge in [0.1, 0.15) is 4.91 Å². The van der Waals surface area contributed by atoms with Crippen LogP contribution in [0.5, 0.6) is 0 Å². The van der Waals surface area contributed by atoms with Gasteiger partial charge in [0, 0.05) is 18.1 Å². The van der Waals surface area contributed by atoms with E-state index in [1.807, 2.05) is 0 Å². The van der Waals surface area contributed by atoms with E-state index in [-0.39, 0.29) is 22.8 Å². The van der Waals surface area contributed by atoms with Crippen molar-refractivity contribution < 1.29 is 27.7 Å². The fraction of sp³-hybridized carbons (Fsp3) is 0.556. The second kappa shape index (κ2) is 7.17. The summed E-state index contributed by atoms with van der Waals surface area (Å²) in [6.07, 6.45) is 0.0675. The Morgan fingerprint density at radius 3 is 2.32 bits per heavy atom. The molecule has 1 aliphatic rings. The lowest BCUT2D eigenvalue weighted by Gasteiger charge is -2.16. The first-order chi connectivity index (χ1) is 8.81. The van der Waals surface area contributed by atoms with Crippen molar-refractivity contribution in [3.05, 3.63) is 9.81 Å². The Kier molecular flexibility index (Phi) is 6.17. The van der Waals surface area contributed by atoms with Crippen LogP contribution in [0.3, 0.4) is 0 Å². The molecule has 0 aliphatic carbocycles. The first-order valence-electron chi connectivity index (χ1n) is 5.28. The summed E-state index contributed by atoms with van der Waals surface area (Å²) in [5.74, 6) is -0.827. The average molecular weight is 327 g/mol. The zero-order valence-electron chi connectivity index (χ0n) is 9.79. The first kappa shape index (κ1) is 16.3. The Morgan fingerprint density at radius 1 is 1.21 bits per heavy atom. The van der Waals surface area contributed by atoms with Gasteiger partial charge in [0.05, 0.1) is 10.7 Å². The molecule has 0 saturated heterocycles. The van der Waals surface area contributed by atoms with Gasteiger partial charge < -0.3 is 10.4 Å². The molecule has 0 bridgehead atoms. The maximum Gasteiger partial charge on any atom is 0.343 e. The molecule has 0 atom stereocenters. The number of amides is 1. The standard InChI is InChI=1S/C9H13NO6S3/c11-8(10-2-1-5-19(14,15)16)6-7(9(12)13)18-4-3-17-6/h1-5H2,(H,10,11)(H,12,13)(H,14,15,16). The van der Waals surface area contributed by atoms with Crippen molar-refractivity contribution in [1.82, 2.24) is 5.32 Å². The molecular weight excluding hydrogens is 314 g/mol. The van der Waals surface area contributed by atoms with Gasteiger partial charge in [0.25, 0.3) is 16.0 Å². The van der Waals surface area contributed by atoms with Crippen molar-refractivity contribution in [3.8, 4) is 0 Å². The third-order valence-corrected chi connectivity index (χ3v) is 5.40. The van der Waals surface area contributed by atoms with Crippen molar-refractivity contribution in [2.45, 2.75) is 6.42 Å². The monoisotopic (exact) mass is 327 g/mol. The van der Waals surface area contributed by atoms with Crippen LogP contribution in [0.4, 0.5) is 0 Å². The zero-order valence-corrected chi connectivity index (χ0v) is 12.2. The Bertz CT molecular complexity index is 498. The number of hydrogen-bond donors (Lipinski definition) is 3. The van der Waals surface area contributed by atoms with Crippen molar-refractivity contribution >= 4 is 45.5 Å². The molecule has 1 heterocycles. The fourth-order valence-electron chi connectivity index (χ4n) is 1.28. The minimum absolute atomic E-state index is 0.0172. The summed E-state index contributed by atoms with van der Waals surface area (Å²) in [5.41, 5.74) is 0. The van der Waals surface area contributed by atoms with E-state index in [4.69, 9.17) is 9.66 Å². The van der Waals surface area contributed by atoms with Crippen LogP contribution in [-0.2, 0) is 19.7 Å². The lowest BCUT2D eigenvalue weighted by atomic mass is 10.4. The van der Waals surface area contributed by atoms with Crippen molar-refractivity contribution in [2.75, 3.05) is 23.8 Å². The Labute approximate surface area is 119 Å². The highest BCUT2D eigenvalue weighted by Gasteiger charge is 2.24. The molecule has 10 heteroatoms. The number of hydrogen-bond acceptors (Lipinski definition) is 6. The molecule has 108 valence electrons. The van der Waals surface area contributed by atoms with Gasteiger partial charge in [-0.2, -0.15) is 8.42 Å². The molecular formula is C9H13NO6S3. The molecule has 0 aromatic carbocycles. The van der Waals surface area contributed by atoms with Crippen LogP contribution in [0.2, 0.25) is 0 Å². The van der Waals surface area contributed by atoms with Gasteiger partial charge in [-0.25, -0.2) is 4.79 Å². The number of carbonyl (C=O) groups is 2. The first-order valence-corrected chi connectivity index (χ1v) is 8.86. The molecule has 0 aromatic heterocycles. The van der Waals surface area contributed by atoms with Crippen LogP contribution >= 0.6 is 23.5 Å². The number of carbonyl (C=O) groups excluding carboxylic acids is 1. The highest BCUT2D eigenvalue weighted by molar-refractivity contribution is 8.11. The minimum atomic E-state index is -4.04. The topological polar surface area (TPSA) is 121 Å². The molecule has 3 N–H and O–H groups in total. The van der Waals surface area contributed by atoms with E-state index < -0.39 is 27.7 Å². The highest BCUT2D eigenvalue weighted by Crippen LogP contribution is 2.34. The molecule has 1 rings (SSSR count). The molecule has 1 amide bonds. The molecule has 0 aromatic rings. The lowest BCUT2D eigenvalue weighted by molar-refractivity contribution is -0.132. The summed E-state index contributed by atoms with van der Waals surface area (Å²) in [6.45, 7) is 0.0558. The maximum atomic E-state index is 11.8. The lowest BCUT2D eigenvalue weighted by Crippen LogP contribution is -2.28. The van der Waals surface area contributed by atoms with Crippen LogP contribution in [0, 0.1) is 0 Å². The average Bonchev–Trinajstić information content (AvgIpc) is 2.33. The van der Waals surface area contributed by atoms with Crippen LogP contribution < -0.4 is 5.32 Å². The number of aliphatic carboxylic acids is 1. The molecule has 0 unspecified atom stereocenters. The summed E-state index contributed by atoms with van der Waals surface area (Å²) >= 11 is 2.28. The normalized spacial score (nSPS) is 16.3. The molecule has 0 spiro atoms. The summed E-state index contributed by atoms with van der Waals surface area (Å²) in [6, 6.07) is 0. The maximum absolute atomic E-state index is 11.8.